The number of likely N-dealkylation sites (tertiary alicyclic amines) is 1. The van der Waals surface area contributed by atoms with Gasteiger partial charge in [-0.05, 0) is 73.1 Å². The number of rotatable bonds is 3. The second-order valence-corrected chi connectivity index (χ2v) is 8.68. The summed E-state index contributed by atoms with van der Waals surface area (Å²) in [6.07, 6.45) is 2.18. The second-order valence-electron chi connectivity index (χ2n) is 8.68. The Labute approximate surface area is 177 Å². The molecule has 7 heteroatoms. The van der Waals surface area contributed by atoms with Crippen LogP contribution in [0.5, 0.6) is 0 Å². The Morgan fingerprint density at radius 1 is 1.06 bits per heavy atom. The van der Waals surface area contributed by atoms with Gasteiger partial charge in [0.2, 0.25) is 5.91 Å². The van der Waals surface area contributed by atoms with Gasteiger partial charge >= 0.3 is 0 Å². The van der Waals surface area contributed by atoms with Gasteiger partial charge in [0, 0.05) is 30.5 Å². The topological polar surface area (TPSA) is 56.3 Å². The van der Waals surface area contributed by atoms with Crippen LogP contribution < -0.4 is 0 Å². The van der Waals surface area contributed by atoms with E-state index in [1.165, 1.54) is 18.2 Å². The number of amides is 1. The number of aromatic amines is 1. The van der Waals surface area contributed by atoms with Gasteiger partial charge < -0.3 is 15.0 Å². The fourth-order valence-electron chi connectivity index (χ4n) is 4.98. The van der Waals surface area contributed by atoms with E-state index in [9.17, 15) is 23.1 Å². The molecule has 1 amide bonds. The Morgan fingerprint density at radius 3 is 2.52 bits per heavy atom. The molecule has 1 saturated carbocycles. The molecule has 2 aromatic carbocycles. The maximum Gasteiger partial charge on any atom is 0.225 e. The Balaban J connectivity index is 1.47. The molecule has 3 aromatic rings. The number of benzene rings is 2. The molecule has 0 bridgehead atoms. The predicted octanol–water partition coefficient (Wildman–Crippen LogP) is 4.73. The molecule has 4 nitrogen and oxygen atoms in total. The van der Waals surface area contributed by atoms with E-state index in [4.69, 9.17) is 0 Å². The van der Waals surface area contributed by atoms with Crippen LogP contribution >= 0.6 is 0 Å². The molecule has 2 aliphatic rings. The van der Waals surface area contributed by atoms with Gasteiger partial charge in [0.15, 0.2) is 0 Å². The molecule has 1 saturated heterocycles. The highest BCUT2D eigenvalue weighted by molar-refractivity contribution is 5.92. The number of β-amino-alcohol motifs (C(OH)–C–C–N with tert-alkyl or cyclic N) is 1. The number of aromatic nitrogens is 1. The molecular formula is C24H23F3N2O2. The van der Waals surface area contributed by atoms with Crippen molar-refractivity contribution in [3.63, 3.8) is 0 Å². The summed E-state index contributed by atoms with van der Waals surface area (Å²) < 4.78 is 41.9. The number of nitrogens with zero attached hydrogens (tertiary/aromatic N) is 1. The van der Waals surface area contributed by atoms with Gasteiger partial charge in [-0.25, -0.2) is 13.2 Å². The molecule has 2 fully saturated rings. The van der Waals surface area contributed by atoms with E-state index in [1.807, 2.05) is 0 Å². The second kappa shape index (κ2) is 7.71. The average molecular weight is 428 g/mol. The van der Waals surface area contributed by atoms with Crippen LogP contribution in [0.1, 0.15) is 37.2 Å². The van der Waals surface area contributed by atoms with Crippen molar-refractivity contribution in [3.8, 4) is 11.3 Å². The maximum absolute atomic E-state index is 14.5. The summed E-state index contributed by atoms with van der Waals surface area (Å²) in [5.41, 5.74) is 2.29. The van der Waals surface area contributed by atoms with Gasteiger partial charge in [0.05, 0.1) is 17.3 Å². The maximum atomic E-state index is 14.5. The minimum Gasteiger partial charge on any atom is -0.391 e. The molecule has 0 unspecified atom stereocenters. The van der Waals surface area contributed by atoms with Crippen LogP contribution in [-0.2, 0) is 4.79 Å². The van der Waals surface area contributed by atoms with Crippen molar-refractivity contribution in [1.29, 1.82) is 0 Å². The summed E-state index contributed by atoms with van der Waals surface area (Å²) >= 11 is 0. The number of carbonyl (C=O) groups is 1. The third-order valence-electron chi connectivity index (χ3n) is 6.60. The number of hydrogen-bond donors (Lipinski definition) is 2. The van der Waals surface area contributed by atoms with Gasteiger partial charge in [-0.2, -0.15) is 0 Å². The molecule has 31 heavy (non-hydrogen) atoms. The third kappa shape index (κ3) is 3.61. The lowest BCUT2D eigenvalue weighted by atomic mass is 9.69. The van der Waals surface area contributed by atoms with E-state index in [-0.39, 0.29) is 29.1 Å². The standard InChI is InChI=1S/C24H23F3N2O2/c25-16-5-3-13(4-6-16)22-21(19-10-17(26)11-20(27)23(19)28-22)14-8-15(9-14)24(31)29-7-1-2-18(30)12-29/h3-6,10-11,14-15,18,28,30H,1-2,7-9,12H2/t14?,15?,18-/m1/s1. The summed E-state index contributed by atoms with van der Waals surface area (Å²) in [6, 6.07) is 8.02. The Hall–Kier alpha value is -2.80. The molecule has 1 atom stereocenters. The number of fused-ring (bicyclic) bond motifs is 1. The van der Waals surface area contributed by atoms with E-state index < -0.39 is 17.7 Å². The lowest BCUT2D eigenvalue weighted by Gasteiger charge is -2.40. The lowest BCUT2D eigenvalue weighted by molar-refractivity contribution is -0.141. The van der Waals surface area contributed by atoms with E-state index >= 15 is 0 Å². The number of aliphatic hydroxyl groups is 1. The summed E-state index contributed by atoms with van der Waals surface area (Å²) in [4.78, 5) is 17.6. The number of aliphatic hydroxyl groups excluding tert-OH is 1. The van der Waals surface area contributed by atoms with E-state index in [0.717, 1.165) is 18.1 Å². The number of H-pyrrole nitrogens is 1. The monoisotopic (exact) mass is 428 g/mol. The van der Waals surface area contributed by atoms with Crippen molar-refractivity contribution in [2.75, 3.05) is 13.1 Å². The lowest BCUT2D eigenvalue weighted by Crippen LogP contribution is -2.47. The van der Waals surface area contributed by atoms with Crippen LogP contribution in [-0.4, -0.2) is 40.1 Å². The van der Waals surface area contributed by atoms with Crippen LogP contribution in [0, 0.1) is 23.4 Å². The van der Waals surface area contributed by atoms with Gasteiger partial charge in [-0.15, -0.1) is 0 Å². The summed E-state index contributed by atoms with van der Waals surface area (Å²) in [5.74, 6) is -1.89. The quantitative estimate of drug-likeness (QED) is 0.634. The van der Waals surface area contributed by atoms with Gasteiger partial charge in [-0.3, -0.25) is 4.79 Å². The van der Waals surface area contributed by atoms with Crippen LogP contribution in [0.25, 0.3) is 22.2 Å². The Kier molecular flexibility index (Phi) is 5.01. The highest BCUT2D eigenvalue weighted by Crippen LogP contribution is 2.49. The van der Waals surface area contributed by atoms with Crippen LogP contribution in [0.2, 0.25) is 0 Å². The first-order chi connectivity index (χ1) is 14.9. The molecule has 0 spiro atoms. The summed E-state index contributed by atoms with van der Waals surface area (Å²) in [6.45, 7) is 1.02. The molecule has 5 rings (SSSR count). The Bertz CT molecular complexity index is 1140. The first kappa shape index (κ1) is 20.1. The average Bonchev–Trinajstić information content (AvgIpc) is 3.07. The van der Waals surface area contributed by atoms with Gasteiger partial charge in [0.1, 0.15) is 17.5 Å². The number of carbonyl (C=O) groups excluding carboxylic acids is 1. The summed E-state index contributed by atoms with van der Waals surface area (Å²) in [7, 11) is 0. The fraction of sp³-hybridized carbons (Fsp3) is 0.375. The molecule has 0 radical (unpaired) electrons. The first-order valence-corrected chi connectivity index (χ1v) is 10.6. The summed E-state index contributed by atoms with van der Waals surface area (Å²) in [5, 5.41) is 10.3. The van der Waals surface area contributed by atoms with Crippen LogP contribution in [0.4, 0.5) is 13.2 Å². The van der Waals surface area contributed by atoms with E-state index in [2.05, 4.69) is 4.98 Å². The molecule has 162 valence electrons. The van der Waals surface area contributed by atoms with Crippen molar-refractivity contribution in [1.82, 2.24) is 9.88 Å². The van der Waals surface area contributed by atoms with Crippen LogP contribution in [0.15, 0.2) is 36.4 Å². The molecule has 1 aliphatic carbocycles. The Morgan fingerprint density at radius 2 is 1.81 bits per heavy atom. The zero-order chi connectivity index (χ0) is 21.7. The largest absolute Gasteiger partial charge is 0.391 e. The zero-order valence-corrected chi connectivity index (χ0v) is 16.9. The normalized spacial score (nSPS) is 23.7. The molecule has 2 N–H and O–H groups in total. The van der Waals surface area contributed by atoms with Gasteiger partial charge in [-0.1, -0.05) is 0 Å². The fourth-order valence-corrected chi connectivity index (χ4v) is 4.98. The molecular weight excluding hydrogens is 405 g/mol. The van der Waals surface area contributed by atoms with Crippen molar-refractivity contribution in [2.45, 2.75) is 37.7 Å². The highest BCUT2D eigenvalue weighted by atomic mass is 19.1. The van der Waals surface area contributed by atoms with Gasteiger partial charge in [0.25, 0.3) is 0 Å². The molecule has 1 aromatic heterocycles. The zero-order valence-electron chi connectivity index (χ0n) is 16.9. The van der Waals surface area contributed by atoms with E-state index in [1.54, 1.807) is 17.0 Å². The minimum absolute atomic E-state index is 0.0375. The van der Waals surface area contributed by atoms with Crippen molar-refractivity contribution < 1.29 is 23.1 Å². The molecule has 1 aliphatic heterocycles. The minimum atomic E-state index is -0.682. The highest BCUT2D eigenvalue weighted by Gasteiger charge is 2.40. The van der Waals surface area contributed by atoms with Crippen molar-refractivity contribution in [3.05, 3.63) is 59.4 Å². The third-order valence-corrected chi connectivity index (χ3v) is 6.60. The SMILES string of the molecule is O=C(C1CC(c2c(-c3ccc(F)cc3)[nH]c3c(F)cc(F)cc23)C1)N1CCC[C@@H](O)C1. The van der Waals surface area contributed by atoms with E-state index in [0.29, 0.717) is 49.0 Å². The number of hydrogen-bond acceptors (Lipinski definition) is 2. The van der Waals surface area contributed by atoms with Crippen LogP contribution in [0.3, 0.4) is 0 Å². The number of halogens is 3. The predicted molar refractivity (Wildman–Crippen MR) is 111 cm³/mol. The van der Waals surface area contributed by atoms with Crippen molar-refractivity contribution in [2.24, 2.45) is 5.92 Å². The number of nitrogens with one attached hydrogen (secondary N) is 1. The smallest absolute Gasteiger partial charge is 0.225 e. The van der Waals surface area contributed by atoms with Crippen molar-refractivity contribution >= 4 is 16.8 Å². The number of piperidine rings is 1. The first-order valence-electron chi connectivity index (χ1n) is 10.6. The molecule has 2 heterocycles.